The lowest BCUT2D eigenvalue weighted by molar-refractivity contribution is 0.574. The van der Waals surface area contributed by atoms with Crippen LogP contribution in [-0.4, -0.2) is 11.5 Å². The first-order valence-corrected chi connectivity index (χ1v) is 7.57. The summed E-state index contributed by atoms with van der Waals surface area (Å²) in [7, 11) is 0. The summed E-state index contributed by atoms with van der Waals surface area (Å²) in [5.41, 5.74) is 1.55. The Labute approximate surface area is 121 Å². The molecule has 2 rings (SSSR count). The average molecular weight is 296 g/mol. The SMILES string of the molecule is CCNCc1sc(Cc2ccc(F)cc2F)nc1CC. The van der Waals surface area contributed by atoms with Crippen molar-refractivity contribution in [3.8, 4) is 0 Å². The monoisotopic (exact) mass is 296 g/mol. The highest BCUT2D eigenvalue weighted by Crippen LogP contribution is 2.23. The van der Waals surface area contributed by atoms with E-state index in [1.165, 1.54) is 17.0 Å². The van der Waals surface area contributed by atoms with Gasteiger partial charge in [-0.05, 0) is 24.6 Å². The van der Waals surface area contributed by atoms with Gasteiger partial charge in [-0.1, -0.05) is 19.9 Å². The summed E-state index contributed by atoms with van der Waals surface area (Å²) in [6, 6.07) is 3.69. The molecule has 1 N–H and O–H groups in total. The van der Waals surface area contributed by atoms with E-state index in [9.17, 15) is 8.78 Å². The van der Waals surface area contributed by atoms with E-state index in [0.717, 1.165) is 36.3 Å². The van der Waals surface area contributed by atoms with Gasteiger partial charge in [0.1, 0.15) is 11.6 Å². The maximum absolute atomic E-state index is 13.7. The van der Waals surface area contributed by atoms with Crippen LogP contribution in [0.1, 0.15) is 35.0 Å². The van der Waals surface area contributed by atoms with Gasteiger partial charge < -0.3 is 5.32 Å². The molecule has 1 heterocycles. The number of nitrogens with zero attached hydrogens (tertiary/aromatic N) is 1. The number of hydrogen-bond donors (Lipinski definition) is 1. The van der Waals surface area contributed by atoms with Crippen LogP contribution < -0.4 is 5.32 Å². The van der Waals surface area contributed by atoms with Gasteiger partial charge in [0.15, 0.2) is 0 Å². The molecule has 2 nitrogen and oxygen atoms in total. The summed E-state index contributed by atoms with van der Waals surface area (Å²) in [5, 5.41) is 4.16. The topological polar surface area (TPSA) is 24.9 Å². The molecule has 5 heteroatoms. The third-order valence-electron chi connectivity index (χ3n) is 3.05. The summed E-state index contributed by atoms with van der Waals surface area (Å²) < 4.78 is 26.5. The number of nitrogens with one attached hydrogen (secondary N) is 1. The Kier molecular flexibility index (Phi) is 5.20. The predicted molar refractivity (Wildman–Crippen MR) is 78.0 cm³/mol. The van der Waals surface area contributed by atoms with Gasteiger partial charge in [0.05, 0.1) is 10.7 Å². The molecule has 0 saturated heterocycles. The van der Waals surface area contributed by atoms with Gasteiger partial charge in [-0.25, -0.2) is 13.8 Å². The van der Waals surface area contributed by atoms with Crippen LogP contribution in [0.4, 0.5) is 8.78 Å². The fraction of sp³-hybridized carbons (Fsp3) is 0.400. The second-order valence-electron chi connectivity index (χ2n) is 4.52. The number of benzene rings is 1. The number of aromatic nitrogens is 1. The number of thiazole rings is 1. The molecule has 108 valence electrons. The van der Waals surface area contributed by atoms with Crippen molar-refractivity contribution in [3.63, 3.8) is 0 Å². The molecule has 0 radical (unpaired) electrons. The molecule has 1 aromatic heterocycles. The van der Waals surface area contributed by atoms with Gasteiger partial charge in [0, 0.05) is 23.9 Å². The highest BCUT2D eigenvalue weighted by Gasteiger charge is 2.12. The summed E-state index contributed by atoms with van der Waals surface area (Å²) >= 11 is 1.60. The Hall–Kier alpha value is -1.33. The normalized spacial score (nSPS) is 11.0. The summed E-state index contributed by atoms with van der Waals surface area (Å²) in [4.78, 5) is 5.76. The van der Waals surface area contributed by atoms with Gasteiger partial charge in [-0.3, -0.25) is 0 Å². The number of rotatable bonds is 6. The van der Waals surface area contributed by atoms with Crippen molar-refractivity contribution >= 4 is 11.3 Å². The highest BCUT2D eigenvalue weighted by molar-refractivity contribution is 7.11. The Balaban J connectivity index is 2.18. The fourth-order valence-electron chi connectivity index (χ4n) is 1.99. The number of hydrogen-bond acceptors (Lipinski definition) is 3. The van der Waals surface area contributed by atoms with Gasteiger partial charge in [0.2, 0.25) is 0 Å². The van der Waals surface area contributed by atoms with E-state index in [1.54, 1.807) is 11.3 Å². The minimum absolute atomic E-state index is 0.413. The number of aryl methyl sites for hydroxylation is 1. The van der Waals surface area contributed by atoms with Gasteiger partial charge in [-0.2, -0.15) is 0 Å². The summed E-state index contributed by atoms with van der Waals surface area (Å²) in [6.07, 6.45) is 1.28. The van der Waals surface area contributed by atoms with Crippen LogP contribution in [0, 0.1) is 11.6 Å². The van der Waals surface area contributed by atoms with E-state index in [2.05, 4.69) is 24.1 Å². The number of halogens is 2. The van der Waals surface area contributed by atoms with Crippen LogP contribution in [0.2, 0.25) is 0 Å². The van der Waals surface area contributed by atoms with Crippen LogP contribution in [0.5, 0.6) is 0 Å². The summed E-state index contributed by atoms with van der Waals surface area (Å²) in [6.45, 7) is 5.82. The lowest BCUT2D eigenvalue weighted by Crippen LogP contribution is -2.11. The van der Waals surface area contributed by atoms with Crippen molar-refractivity contribution in [2.75, 3.05) is 6.54 Å². The van der Waals surface area contributed by atoms with Crippen LogP contribution in [0.3, 0.4) is 0 Å². The largest absolute Gasteiger partial charge is 0.312 e. The predicted octanol–water partition coefficient (Wildman–Crippen LogP) is 3.68. The Morgan fingerprint density at radius 2 is 2.05 bits per heavy atom. The Morgan fingerprint density at radius 1 is 1.25 bits per heavy atom. The van der Waals surface area contributed by atoms with E-state index in [1.807, 2.05) is 0 Å². The third-order valence-corrected chi connectivity index (χ3v) is 4.15. The summed E-state index contributed by atoms with van der Waals surface area (Å²) in [5.74, 6) is -1.06. The molecule has 0 amide bonds. The minimum atomic E-state index is -0.549. The molecular formula is C15H18F2N2S. The zero-order chi connectivity index (χ0) is 14.5. The van der Waals surface area contributed by atoms with Crippen LogP contribution in [0.15, 0.2) is 18.2 Å². The first-order valence-electron chi connectivity index (χ1n) is 6.76. The average Bonchev–Trinajstić information content (AvgIpc) is 2.81. The first kappa shape index (κ1) is 15.1. The standard InChI is InChI=1S/C15H18F2N2S/c1-3-13-14(9-18-4-2)20-15(19-13)7-10-5-6-11(16)8-12(10)17/h5-6,8,18H,3-4,7,9H2,1-2H3. The molecule has 0 bridgehead atoms. The van der Waals surface area contributed by atoms with Gasteiger partial charge in [0.25, 0.3) is 0 Å². The molecule has 0 spiro atoms. The van der Waals surface area contributed by atoms with E-state index in [-0.39, 0.29) is 0 Å². The van der Waals surface area contributed by atoms with Crippen LogP contribution in [-0.2, 0) is 19.4 Å². The maximum Gasteiger partial charge on any atom is 0.129 e. The fourth-order valence-corrected chi connectivity index (χ4v) is 3.14. The highest BCUT2D eigenvalue weighted by atomic mass is 32.1. The lowest BCUT2D eigenvalue weighted by atomic mass is 10.1. The van der Waals surface area contributed by atoms with Crippen molar-refractivity contribution in [1.82, 2.24) is 10.3 Å². The Bertz CT molecular complexity index is 581. The minimum Gasteiger partial charge on any atom is -0.312 e. The second-order valence-corrected chi connectivity index (χ2v) is 5.69. The molecule has 0 fully saturated rings. The van der Waals surface area contributed by atoms with Crippen molar-refractivity contribution in [2.45, 2.75) is 33.2 Å². The zero-order valence-corrected chi connectivity index (χ0v) is 12.5. The van der Waals surface area contributed by atoms with E-state index in [0.29, 0.717) is 12.0 Å². The van der Waals surface area contributed by atoms with Crippen molar-refractivity contribution in [1.29, 1.82) is 0 Å². The maximum atomic E-state index is 13.7. The molecule has 0 aliphatic carbocycles. The van der Waals surface area contributed by atoms with Crippen LogP contribution >= 0.6 is 11.3 Å². The molecule has 0 unspecified atom stereocenters. The zero-order valence-electron chi connectivity index (χ0n) is 11.7. The van der Waals surface area contributed by atoms with Gasteiger partial charge in [-0.15, -0.1) is 11.3 Å². The smallest absolute Gasteiger partial charge is 0.129 e. The van der Waals surface area contributed by atoms with Crippen LogP contribution in [0.25, 0.3) is 0 Å². The Morgan fingerprint density at radius 3 is 2.70 bits per heavy atom. The van der Waals surface area contributed by atoms with Crippen molar-refractivity contribution in [2.24, 2.45) is 0 Å². The first-order chi connectivity index (χ1) is 9.63. The van der Waals surface area contributed by atoms with E-state index < -0.39 is 11.6 Å². The van der Waals surface area contributed by atoms with Gasteiger partial charge >= 0.3 is 0 Å². The molecule has 0 aliphatic rings. The van der Waals surface area contributed by atoms with Crippen molar-refractivity contribution in [3.05, 3.63) is 51.0 Å². The molecule has 0 saturated carbocycles. The molecule has 1 aromatic carbocycles. The molecule has 2 aromatic rings. The van der Waals surface area contributed by atoms with E-state index >= 15 is 0 Å². The quantitative estimate of drug-likeness (QED) is 0.879. The second kappa shape index (κ2) is 6.90. The molecule has 0 aliphatic heterocycles. The lowest BCUT2D eigenvalue weighted by Gasteiger charge is -2.00. The third kappa shape index (κ3) is 3.61. The molecular weight excluding hydrogens is 278 g/mol. The van der Waals surface area contributed by atoms with Crippen molar-refractivity contribution < 1.29 is 8.78 Å². The molecule has 0 atom stereocenters. The molecule has 20 heavy (non-hydrogen) atoms. The van der Waals surface area contributed by atoms with E-state index in [4.69, 9.17) is 0 Å².